The lowest BCUT2D eigenvalue weighted by Gasteiger charge is -2.31. The third-order valence-corrected chi connectivity index (χ3v) is 4.58. The molecular formula is C14H18N4OS. The van der Waals surface area contributed by atoms with Crippen LogP contribution in [0.3, 0.4) is 0 Å². The topological polar surface area (TPSA) is 51.0 Å². The molecule has 0 radical (unpaired) electrons. The van der Waals surface area contributed by atoms with E-state index in [1.165, 1.54) is 0 Å². The van der Waals surface area contributed by atoms with Crippen LogP contribution in [0.1, 0.15) is 41.9 Å². The van der Waals surface area contributed by atoms with Crippen LogP contribution in [0.25, 0.3) is 0 Å². The molecular weight excluding hydrogens is 272 g/mol. The molecule has 3 rings (SSSR count). The molecule has 0 bridgehead atoms. The fourth-order valence-electron chi connectivity index (χ4n) is 2.73. The van der Waals surface area contributed by atoms with E-state index in [1.54, 1.807) is 17.7 Å². The fourth-order valence-corrected chi connectivity index (χ4v) is 3.36. The minimum atomic E-state index is 0.154. The molecule has 0 N–H and O–H groups in total. The standard InChI is InChI=1S/C14H18N4OS/c1-2-17-10-15-16-13(17)11-3-6-18(7-4-11)14(19)12-5-8-20-9-12/h5,8-11H,2-4,6-7H2,1H3. The van der Waals surface area contributed by atoms with Crippen LogP contribution in [0.15, 0.2) is 23.2 Å². The van der Waals surface area contributed by atoms with Crippen molar-refractivity contribution in [1.82, 2.24) is 19.7 Å². The van der Waals surface area contributed by atoms with Gasteiger partial charge in [0, 0.05) is 30.9 Å². The lowest BCUT2D eigenvalue weighted by molar-refractivity contribution is 0.0711. The van der Waals surface area contributed by atoms with Crippen molar-refractivity contribution < 1.29 is 4.79 Å². The van der Waals surface area contributed by atoms with Gasteiger partial charge in [-0.3, -0.25) is 4.79 Å². The number of likely N-dealkylation sites (tertiary alicyclic amines) is 1. The summed E-state index contributed by atoms with van der Waals surface area (Å²) in [6, 6.07) is 1.90. The molecule has 2 aromatic rings. The Morgan fingerprint density at radius 2 is 2.25 bits per heavy atom. The van der Waals surface area contributed by atoms with Crippen LogP contribution < -0.4 is 0 Å². The Labute approximate surface area is 122 Å². The van der Waals surface area contributed by atoms with Crippen LogP contribution >= 0.6 is 11.3 Å². The van der Waals surface area contributed by atoms with Crippen LogP contribution in [0.5, 0.6) is 0 Å². The lowest BCUT2D eigenvalue weighted by Crippen LogP contribution is -2.38. The number of hydrogen-bond acceptors (Lipinski definition) is 4. The predicted molar refractivity (Wildman–Crippen MR) is 77.9 cm³/mol. The van der Waals surface area contributed by atoms with Gasteiger partial charge in [-0.1, -0.05) is 0 Å². The number of nitrogens with zero attached hydrogens (tertiary/aromatic N) is 4. The number of hydrogen-bond donors (Lipinski definition) is 0. The highest BCUT2D eigenvalue weighted by Crippen LogP contribution is 2.27. The first kappa shape index (κ1) is 13.3. The van der Waals surface area contributed by atoms with E-state index in [1.807, 2.05) is 21.7 Å². The smallest absolute Gasteiger partial charge is 0.254 e. The van der Waals surface area contributed by atoms with Crippen molar-refractivity contribution in [2.45, 2.75) is 32.2 Å². The molecule has 106 valence electrons. The third-order valence-electron chi connectivity index (χ3n) is 3.90. The van der Waals surface area contributed by atoms with Gasteiger partial charge >= 0.3 is 0 Å². The molecule has 0 saturated carbocycles. The molecule has 2 aromatic heterocycles. The highest BCUT2D eigenvalue weighted by Gasteiger charge is 2.27. The number of carbonyl (C=O) groups excluding carboxylic acids is 1. The Kier molecular flexibility index (Phi) is 3.82. The van der Waals surface area contributed by atoms with Crippen LogP contribution in [0, 0.1) is 0 Å². The molecule has 0 unspecified atom stereocenters. The second kappa shape index (κ2) is 5.75. The molecule has 1 aliphatic rings. The zero-order valence-electron chi connectivity index (χ0n) is 11.5. The van der Waals surface area contributed by atoms with Crippen molar-refractivity contribution in [3.05, 3.63) is 34.5 Å². The number of amides is 1. The highest BCUT2D eigenvalue weighted by molar-refractivity contribution is 7.08. The van der Waals surface area contributed by atoms with Crippen LogP contribution in [0.4, 0.5) is 0 Å². The lowest BCUT2D eigenvalue weighted by atomic mass is 9.95. The van der Waals surface area contributed by atoms with Gasteiger partial charge in [-0.05, 0) is 31.2 Å². The summed E-state index contributed by atoms with van der Waals surface area (Å²) in [5, 5.41) is 12.1. The molecule has 20 heavy (non-hydrogen) atoms. The molecule has 1 aliphatic heterocycles. The molecule has 1 saturated heterocycles. The Morgan fingerprint density at radius 1 is 1.45 bits per heavy atom. The summed E-state index contributed by atoms with van der Waals surface area (Å²) in [5.74, 6) is 1.64. The summed E-state index contributed by atoms with van der Waals surface area (Å²) in [6.45, 7) is 4.60. The number of piperidine rings is 1. The van der Waals surface area contributed by atoms with Crippen LogP contribution in [0.2, 0.25) is 0 Å². The zero-order valence-corrected chi connectivity index (χ0v) is 12.3. The SMILES string of the molecule is CCn1cnnc1C1CCN(C(=O)c2ccsc2)CC1. The van der Waals surface area contributed by atoms with E-state index in [0.717, 1.165) is 43.9 Å². The Morgan fingerprint density at radius 3 is 2.90 bits per heavy atom. The minimum Gasteiger partial charge on any atom is -0.339 e. The molecule has 0 aromatic carbocycles. The number of carbonyl (C=O) groups is 1. The van der Waals surface area contributed by atoms with Crippen molar-refractivity contribution in [3.63, 3.8) is 0 Å². The maximum atomic E-state index is 12.3. The van der Waals surface area contributed by atoms with Gasteiger partial charge in [-0.15, -0.1) is 10.2 Å². The fraction of sp³-hybridized carbons (Fsp3) is 0.500. The number of aryl methyl sites for hydroxylation is 1. The molecule has 0 spiro atoms. The second-order valence-electron chi connectivity index (χ2n) is 5.05. The van der Waals surface area contributed by atoms with Gasteiger partial charge in [-0.25, -0.2) is 0 Å². The van der Waals surface area contributed by atoms with E-state index in [9.17, 15) is 4.79 Å². The van der Waals surface area contributed by atoms with E-state index in [2.05, 4.69) is 21.7 Å². The van der Waals surface area contributed by atoms with Crippen molar-refractivity contribution in [3.8, 4) is 0 Å². The normalized spacial score (nSPS) is 16.6. The summed E-state index contributed by atoms with van der Waals surface area (Å²) in [4.78, 5) is 14.2. The van der Waals surface area contributed by atoms with Crippen molar-refractivity contribution >= 4 is 17.2 Å². The maximum Gasteiger partial charge on any atom is 0.254 e. The van der Waals surface area contributed by atoms with E-state index in [0.29, 0.717) is 5.92 Å². The third kappa shape index (κ3) is 2.47. The summed E-state index contributed by atoms with van der Waals surface area (Å²) < 4.78 is 2.10. The number of thiophene rings is 1. The van der Waals surface area contributed by atoms with Crippen LogP contribution in [-0.2, 0) is 6.54 Å². The molecule has 1 fully saturated rings. The van der Waals surface area contributed by atoms with Crippen molar-refractivity contribution in [2.75, 3.05) is 13.1 Å². The Balaban J connectivity index is 1.64. The molecule has 6 heteroatoms. The molecule has 0 aliphatic carbocycles. The first-order chi connectivity index (χ1) is 9.79. The van der Waals surface area contributed by atoms with Gasteiger partial charge in [-0.2, -0.15) is 11.3 Å². The number of rotatable bonds is 3. The Hall–Kier alpha value is -1.69. The number of aromatic nitrogens is 3. The first-order valence-corrected chi connectivity index (χ1v) is 7.93. The Bertz CT molecular complexity index is 570. The van der Waals surface area contributed by atoms with Crippen molar-refractivity contribution in [2.24, 2.45) is 0 Å². The van der Waals surface area contributed by atoms with Crippen molar-refractivity contribution in [1.29, 1.82) is 0 Å². The maximum absolute atomic E-state index is 12.3. The summed E-state index contributed by atoms with van der Waals surface area (Å²) in [6.07, 6.45) is 3.72. The van der Waals surface area contributed by atoms with Gasteiger partial charge in [0.1, 0.15) is 12.2 Å². The average molecular weight is 290 g/mol. The van der Waals surface area contributed by atoms with Gasteiger partial charge < -0.3 is 9.47 Å². The molecule has 0 atom stereocenters. The summed E-state index contributed by atoms with van der Waals surface area (Å²) in [7, 11) is 0. The highest BCUT2D eigenvalue weighted by atomic mass is 32.1. The molecule has 5 nitrogen and oxygen atoms in total. The van der Waals surface area contributed by atoms with Gasteiger partial charge in [0.15, 0.2) is 0 Å². The zero-order chi connectivity index (χ0) is 13.9. The van der Waals surface area contributed by atoms with Crippen LogP contribution in [-0.4, -0.2) is 38.7 Å². The average Bonchev–Trinajstić information content (AvgIpc) is 3.17. The van der Waals surface area contributed by atoms with E-state index < -0.39 is 0 Å². The van der Waals surface area contributed by atoms with Gasteiger partial charge in [0.2, 0.25) is 0 Å². The first-order valence-electron chi connectivity index (χ1n) is 6.98. The monoisotopic (exact) mass is 290 g/mol. The largest absolute Gasteiger partial charge is 0.339 e. The second-order valence-corrected chi connectivity index (χ2v) is 5.83. The molecule has 3 heterocycles. The molecule has 1 amide bonds. The summed E-state index contributed by atoms with van der Waals surface area (Å²) >= 11 is 1.57. The summed E-state index contributed by atoms with van der Waals surface area (Å²) in [5.41, 5.74) is 0.810. The quantitative estimate of drug-likeness (QED) is 0.872. The predicted octanol–water partition coefficient (Wildman–Crippen LogP) is 2.38. The van der Waals surface area contributed by atoms with E-state index >= 15 is 0 Å². The van der Waals surface area contributed by atoms with E-state index in [4.69, 9.17) is 0 Å². The van der Waals surface area contributed by atoms with Gasteiger partial charge in [0.25, 0.3) is 5.91 Å². The van der Waals surface area contributed by atoms with E-state index in [-0.39, 0.29) is 5.91 Å². The van der Waals surface area contributed by atoms with Gasteiger partial charge in [0.05, 0.1) is 5.56 Å². The minimum absolute atomic E-state index is 0.154.